The second kappa shape index (κ2) is 5.34. The lowest BCUT2D eigenvalue weighted by molar-refractivity contribution is 0.319. The average molecular weight is 286 g/mol. The summed E-state index contributed by atoms with van der Waals surface area (Å²) < 4.78 is 25.1. The monoisotopic (exact) mass is 286 g/mol. The number of H-pyrrole nitrogens is 1. The van der Waals surface area contributed by atoms with Crippen LogP contribution in [0.1, 0.15) is 24.6 Å². The summed E-state index contributed by atoms with van der Waals surface area (Å²) in [5, 5.41) is 11.2. The maximum atomic E-state index is 11.8. The predicted octanol–water partition coefficient (Wildman–Crippen LogP) is 0.152. The lowest BCUT2D eigenvalue weighted by Gasteiger charge is -2.23. The summed E-state index contributed by atoms with van der Waals surface area (Å²) in [5.74, 6) is -0.214. The molecule has 19 heavy (non-hydrogen) atoms. The van der Waals surface area contributed by atoms with Crippen LogP contribution in [-0.4, -0.2) is 40.9 Å². The third kappa shape index (κ3) is 2.98. The maximum Gasteiger partial charge on any atom is 0.267 e. The number of nitrogens with one attached hydrogen (secondary N) is 1. The Hall–Kier alpha value is -1.34. The molecular formula is C12H18N2O4S. The first-order chi connectivity index (χ1) is 8.94. The average Bonchev–Trinajstić information content (AvgIpc) is 2.68. The van der Waals surface area contributed by atoms with Crippen LogP contribution in [0.2, 0.25) is 0 Å². The lowest BCUT2D eigenvalue weighted by atomic mass is 10.0. The zero-order valence-corrected chi connectivity index (χ0v) is 11.6. The molecule has 0 unspecified atom stereocenters. The normalized spacial score (nSPS) is 23.7. The van der Waals surface area contributed by atoms with E-state index in [1.54, 1.807) is 19.1 Å². The van der Waals surface area contributed by atoms with E-state index < -0.39 is 15.1 Å². The molecule has 0 aromatic carbocycles. The Balaban J connectivity index is 2.17. The minimum absolute atomic E-state index is 0.108. The highest BCUT2D eigenvalue weighted by molar-refractivity contribution is 7.92. The number of allylic oxidation sites excluding steroid dienone is 1. The molecule has 0 fully saturated rings. The van der Waals surface area contributed by atoms with Gasteiger partial charge in [-0.05, 0) is 19.8 Å². The lowest BCUT2D eigenvalue weighted by Crippen LogP contribution is -2.30. The van der Waals surface area contributed by atoms with Gasteiger partial charge in [0.2, 0.25) is 0 Å². The summed E-state index contributed by atoms with van der Waals surface area (Å²) in [6.45, 7) is 1.45. The Labute approximate surface area is 111 Å². The SMILES string of the molecule is Cc1cc(=O)n([C@@H]2C=C[C@H](S(=O)(=O)CCO)CC2)[nH]1. The molecule has 0 radical (unpaired) electrons. The number of aliphatic hydroxyl groups excluding tert-OH is 1. The van der Waals surface area contributed by atoms with Crippen molar-refractivity contribution in [1.29, 1.82) is 0 Å². The number of aryl methyl sites for hydroxylation is 1. The van der Waals surface area contributed by atoms with Crippen molar-refractivity contribution in [2.75, 3.05) is 12.4 Å². The largest absolute Gasteiger partial charge is 0.395 e. The van der Waals surface area contributed by atoms with Crippen molar-refractivity contribution in [3.05, 3.63) is 34.3 Å². The number of hydrogen-bond acceptors (Lipinski definition) is 4. The smallest absolute Gasteiger partial charge is 0.267 e. The van der Waals surface area contributed by atoms with E-state index in [0.29, 0.717) is 12.8 Å². The fourth-order valence-electron chi connectivity index (χ4n) is 2.35. The minimum Gasteiger partial charge on any atom is -0.395 e. The standard InChI is InChI=1S/C12H18N2O4S/c1-9-8-12(16)14(13-9)10-2-4-11(5-3-10)19(17,18)7-6-15/h2,4,8,10-11,13,15H,3,5-7H2,1H3/t10-,11+/m1/s1. The van der Waals surface area contributed by atoms with Gasteiger partial charge in [-0.1, -0.05) is 12.2 Å². The Morgan fingerprint density at radius 1 is 1.42 bits per heavy atom. The Kier molecular flexibility index (Phi) is 3.96. The highest BCUT2D eigenvalue weighted by Crippen LogP contribution is 2.25. The molecule has 1 aliphatic rings. The van der Waals surface area contributed by atoms with E-state index >= 15 is 0 Å². The summed E-state index contributed by atoms with van der Waals surface area (Å²) in [4.78, 5) is 11.7. The van der Waals surface area contributed by atoms with E-state index in [4.69, 9.17) is 5.11 Å². The van der Waals surface area contributed by atoms with Crippen LogP contribution in [0.5, 0.6) is 0 Å². The highest BCUT2D eigenvalue weighted by atomic mass is 32.2. The molecule has 2 N–H and O–H groups in total. The number of aromatic amines is 1. The van der Waals surface area contributed by atoms with Gasteiger partial charge in [-0.3, -0.25) is 9.89 Å². The molecule has 106 valence electrons. The third-order valence-electron chi connectivity index (χ3n) is 3.34. The van der Waals surface area contributed by atoms with Gasteiger partial charge in [-0.25, -0.2) is 13.1 Å². The van der Waals surface area contributed by atoms with E-state index in [2.05, 4.69) is 5.10 Å². The van der Waals surface area contributed by atoms with Gasteiger partial charge in [-0.15, -0.1) is 0 Å². The van der Waals surface area contributed by atoms with Gasteiger partial charge in [0.25, 0.3) is 5.56 Å². The van der Waals surface area contributed by atoms with Crippen molar-refractivity contribution in [3.63, 3.8) is 0 Å². The van der Waals surface area contributed by atoms with Crippen LogP contribution in [0.3, 0.4) is 0 Å². The number of sulfone groups is 1. The molecule has 2 rings (SSSR count). The molecule has 0 spiro atoms. The Morgan fingerprint density at radius 3 is 2.63 bits per heavy atom. The van der Waals surface area contributed by atoms with E-state index in [1.807, 2.05) is 0 Å². The van der Waals surface area contributed by atoms with Gasteiger partial charge >= 0.3 is 0 Å². The van der Waals surface area contributed by atoms with Gasteiger partial charge in [0.05, 0.1) is 23.7 Å². The summed E-state index contributed by atoms with van der Waals surface area (Å²) in [6.07, 6.45) is 4.43. The molecule has 0 aliphatic heterocycles. The fourth-order valence-corrected chi connectivity index (χ4v) is 3.73. The molecule has 1 heterocycles. The molecule has 0 saturated heterocycles. The quantitative estimate of drug-likeness (QED) is 0.771. The number of nitrogens with zero attached hydrogens (tertiary/aromatic N) is 1. The van der Waals surface area contributed by atoms with E-state index in [9.17, 15) is 13.2 Å². The van der Waals surface area contributed by atoms with Crippen molar-refractivity contribution >= 4 is 9.84 Å². The summed E-state index contributed by atoms with van der Waals surface area (Å²) >= 11 is 0. The van der Waals surface area contributed by atoms with Crippen LogP contribution in [0.4, 0.5) is 0 Å². The highest BCUT2D eigenvalue weighted by Gasteiger charge is 2.27. The number of aromatic nitrogens is 2. The molecule has 1 aromatic heterocycles. The molecule has 2 atom stereocenters. The van der Waals surface area contributed by atoms with Crippen LogP contribution >= 0.6 is 0 Å². The molecule has 0 saturated carbocycles. The van der Waals surface area contributed by atoms with Crippen molar-refractivity contribution in [2.45, 2.75) is 31.1 Å². The van der Waals surface area contributed by atoms with Crippen LogP contribution in [0, 0.1) is 6.92 Å². The van der Waals surface area contributed by atoms with Crippen LogP contribution in [0.15, 0.2) is 23.0 Å². The van der Waals surface area contributed by atoms with E-state index in [-0.39, 0.29) is 24.0 Å². The molecule has 1 aromatic rings. The second-order valence-corrected chi connectivity index (χ2v) is 7.15. The molecule has 6 nitrogen and oxygen atoms in total. The van der Waals surface area contributed by atoms with Crippen LogP contribution < -0.4 is 5.56 Å². The van der Waals surface area contributed by atoms with Crippen molar-refractivity contribution in [3.8, 4) is 0 Å². The number of rotatable bonds is 4. The number of aliphatic hydroxyl groups is 1. The first-order valence-corrected chi connectivity index (χ1v) is 7.94. The fraction of sp³-hybridized carbons (Fsp3) is 0.583. The predicted molar refractivity (Wildman–Crippen MR) is 71.9 cm³/mol. The van der Waals surface area contributed by atoms with Crippen LogP contribution in [0.25, 0.3) is 0 Å². The molecule has 0 bridgehead atoms. The summed E-state index contributed by atoms with van der Waals surface area (Å²) in [6, 6.07) is 1.39. The minimum atomic E-state index is -3.28. The first-order valence-electron chi connectivity index (χ1n) is 6.23. The Morgan fingerprint density at radius 2 is 2.16 bits per heavy atom. The van der Waals surface area contributed by atoms with Gasteiger partial charge in [0, 0.05) is 11.8 Å². The van der Waals surface area contributed by atoms with Gasteiger partial charge in [0.1, 0.15) is 0 Å². The zero-order chi connectivity index (χ0) is 14.0. The van der Waals surface area contributed by atoms with E-state index in [0.717, 1.165) is 5.69 Å². The van der Waals surface area contributed by atoms with Gasteiger partial charge in [0.15, 0.2) is 9.84 Å². The van der Waals surface area contributed by atoms with Gasteiger partial charge in [-0.2, -0.15) is 0 Å². The van der Waals surface area contributed by atoms with E-state index in [1.165, 1.54) is 10.7 Å². The third-order valence-corrected chi connectivity index (χ3v) is 5.40. The molecule has 1 aliphatic carbocycles. The van der Waals surface area contributed by atoms with Crippen LogP contribution in [-0.2, 0) is 9.84 Å². The summed E-state index contributed by atoms with van der Waals surface area (Å²) in [7, 11) is -3.28. The van der Waals surface area contributed by atoms with Crippen molar-refractivity contribution in [2.24, 2.45) is 0 Å². The summed E-state index contributed by atoms with van der Waals surface area (Å²) in [5.41, 5.74) is 0.678. The van der Waals surface area contributed by atoms with Crippen molar-refractivity contribution < 1.29 is 13.5 Å². The topological polar surface area (TPSA) is 92.2 Å². The zero-order valence-electron chi connectivity index (χ0n) is 10.7. The van der Waals surface area contributed by atoms with Crippen molar-refractivity contribution in [1.82, 2.24) is 9.78 Å². The van der Waals surface area contributed by atoms with Gasteiger partial charge < -0.3 is 5.11 Å². The maximum absolute atomic E-state index is 11.8. The first kappa shape index (κ1) is 14.1. The molecule has 7 heteroatoms. The number of hydrogen-bond donors (Lipinski definition) is 2. The Bertz CT molecular complexity index is 626. The molecular weight excluding hydrogens is 268 g/mol. The molecule has 0 amide bonds. The second-order valence-electron chi connectivity index (χ2n) is 4.81.